The maximum atomic E-state index is 12.0. The number of carbonyl (C=O) groups is 2. The van der Waals surface area contributed by atoms with Gasteiger partial charge in [0.05, 0.1) is 5.56 Å². The lowest BCUT2D eigenvalue weighted by atomic mass is 10.1. The minimum absolute atomic E-state index is 0.115. The molecule has 2 aromatic rings. The van der Waals surface area contributed by atoms with Crippen molar-refractivity contribution in [3.8, 4) is 5.75 Å². The van der Waals surface area contributed by atoms with Crippen LogP contribution in [0.1, 0.15) is 22.8 Å². The standard InChI is InChI=1S/C17H16BrNO3/c1-11-5-3-4-6-15(11)19-17(21)10-22-16-8-7-13(18)9-14(16)12(2)20/h3-9H,10H2,1-2H3,(H,19,21). The first-order valence-electron chi connectivity index (χ1n) is 6.76. The second kappa shape index (κ2) is 7.22. The first kappa shape index (κ1) is 16.2. The Labute approximate surface area is 137 Å². The summed E-state index contributed by atoms with van der Waals surface area (Å²) in [5.74, 6) is 0.0120. The summed E-state index contributed by atoms with van der Waals surface area (Å²) in [5.41, 5.74) is 2.17. The number of ether oxygens (including phenoxy) is 1. The number of benzene rings is 2. The molecule has 5 heteroatoms. The van der Waals surface area contributed by atoms with Gasteiger partial charge in [0, 0.05) is 10.2 Å². The summed E-state index contributed by atoms with van der Waals surface area (Å²) in [6.45, 7) is 3.22. The maximum absolute atomic E-state index is 12.0. The molecule has 0 unspecified atom stereocenters. The second-order valence-electron chi connectivity index (χ2n) is 4.85. The van der Waals surface area contributed by atoms with E-state index in [-0.39, 0.29) is 18.3 Å². The molecular formula is C17H16BrNO3. The fraction of sp³-hybridized carbons (Fsp3) is 0.176. The maximum Gasteiger partial charge on any atom is 0.262 e. The first-order valence-corrected chi connectivity index (χ1v) is 7.55. The van der Waals surface area contributed by atoms with Gasteiger partial charge in [-0.1, -0.05) is 34.1 Å². The minimum atomic E-state index is -0.272. The van der Waals surface area contributed by atoms with Crippen LogP contribution < -0.4 is 10.1 Å². The van der Waals surface area contributed by atoms with Crippen LogP contribution in [0.2, 0.25) is 0 Å². The molecule has 1 N–H and O–H groups in total. The van der Waals surface area contributed by atoms with Crippen molar-refractivity contribution in [3.63, 3.8) is 0 Å². The highest BCUT2D eigenvalue weighted by molar-refractivity contribution is 9.10. The number of hydrogen-bond acceptors (Lipinski definition) is 3. The van der Waals surface area contributed by atoms with Crippen LogP contribution in [0.5, 0.6) is 5.75 Å². The van der Waals surface area contributed by atoms with Crippen molar-refractivity contribution in [1.29, 1.82) is 0 Å². The monoisotopic (exact) mass is 361 g/mol. The third-order valence-corrected chi connectivity index (χ3v) is 3.59. The number of para-hydroxylation sites is 1. The fourth-order valence-corrected chi connectivity index (χ4v) is 2.31. The van der Waals surface area contributed by atoms with Gasteiger partial charge < -0.3 is 10.1 Å². The smallest absolute Gasteiger partial charge is 0.262 e. The Kier molecular flexibility index (Phi) is 5.33. The Balaban J connectivity index is 2.03. The number of aryl methyl sites for hydroxylation is 1. The number of anilines is 1. The van der Waals surface area contributed by atoms with Crippen LogP contribution in [0.4, 0.5) is 5.69 Å². The van der Waals surface area contributed by atoms with Gasteiger partial charge in [-0.15, -0.1) is 0 Å². The fourth-order valence-electron chi connectivity index (χ4n) is 1.95. The van der Waals surface area contributed by atoms with E-state index in [0.717, 1.165) is 15.7 Å². The van der Waals surface area contributed by atoms with E-state index in [1.807, 2.05) is 31.2 Å². The van der Waals surface area contributed by atoms with Crippen LogP contribution in [-0.2, 0) is 4.79 Å². The first-order chi connectivity index (χ1) is 10.5. The third kappa shape index (κ3) is 4.18. The zero-order valence-corrected chi connectivity index (χ0v) is 13.9. The molecule has 0 aliphatic heterocycles. The number of rotatable bonds is 5. The zero-order valence-electron chi connectivity index (χ0n) is 12.4. The lowest BCUT2D eigenvalue weighted by Crippen LogP contribution is -2.21. The van der Waals surface area contributed by atoms with E-state index in [0.29, 0.717) is 11.3 Å². The predicted octanol–water partition coefficient (Wildman–Crippen LogP) is 3.98. The van der Waals surface area contributed by atoms with Gasteiger partial charge in [-0.05, 0) is 43.7 Å². The number of nitrogens with one attached hydrogen (secondary N) is 1. The molecule has 2 aromatic carbocycles. The molecule has 1 amide bonds. The molecule has 0 atom stereocenters. The largest absolute Gasteiger partial charge is 0.483 e. The number of Topliss-reactive ketones (excluding diaryl/α,β-unsaturated/α-hetero) is 1. The lowest BCUT2D eigenvalue weighted by molar-refractivity contribution is -0.118. The molecule has 0 bridgehead atoms. The van der Waals surface area contributed by atoms with Crippen molar-refractivity contribution >= 4 is 33.3 Å². The van der Waals surface area contributed by atoms with Crippen LogP contribution in [0.15, 0.2) is 46.9 Å². The predicted molar refractivity (Wildman–Crippen MR) is 89.5 cm³/mol. The Morgan fingerprint density at radius 3 is 2.59 bits per heavy atom. The molecule has 0 heterocycles. The van der Waals surface area contributed by atoms with Gasteiger partial charge in [0.25, 0.3) is 5.91 Å². The molecule has 4 nitrogen and oxygen atoms in total. The summed E-state index contributed by atoms with van der Waals surface area (Å²) in [4.78, 5) is 23.6. The van der Waals surface area contributed by atoms with E-state index in [1.165, 1.54) is 6.92 Å². The molecule has 0 fully saturated rings. The summed E-state index contributed by atoms with van der Waals surface area (Å²) < 4.78 is 6.26. The van der Waals surface area contributed by atoms with Crippen LogP contribution in [0.3, 0.4) is 0 Å². The molecule has 0 saturated carbocycles. The highest BCUT2D eigenvalue weighted by atomic mass is 79.9. The minimum Gasteiger partial charge on any atom is -0.483 e. The Morgan fingerprint density at radius 2 is 1.91 bits per heavy atom. The molecular weight excluding hydrogens is 346 g/mol. The lowest BCUT2D eigenvalue weighted by Gasteiger charge is -2.11. The van der Waals surface area contributed by atoms with Gasteiger partial charge in [-0.2, -0.15) is 0 Å². The zero-order chi connectivity index (χ0) is 16.1. The SMILES string of the molecule is CC(=O)c1cc(Br)ccc1OCC(=O)Nc1ccccc1C. The normalized spacial score (nSPS) is 10.1. The molecule has 22 heavy (non-hydrogen) atoms. The summed E-state index contributed by atoms with van der Waals surface area (Å²) in [7, 11) is 0. The molecule has 0 saturated heterocycles. The van der Waals surface area contributed by atoms with E-state index in [4.69, 9.17) is 4.74 Å². The van der Waals surface area contributed by atoms with E-state index in [1.54, 1.807) is 18.2 Å². The number of hydrogen-bond donors (Lipinski definition) is 1. The average Bonchev–Trinajstić information content (AvgIpc) is 2.48. The molecule has 0 spiro atoms. The van der Waals surface area contributed by atoms with Crippen LogP contribution in [0.25, 0.3) is 0 Å². The van der Waals surface area contributed by atoms with Gasteiger partial charge in [-0.3, -0.25) is 9.59 Å². The van der Waals surface area contributed by atoms with Crippen molar-refractivity contribution in [3.05, 3.63) is 58.1 Å². The molecule has 114 valence electrons. The van der Waals surface area contributed by atoms with Crippen molar-refractivity contribution in [2.24, 2.45) is 0 Å². The Bertz CT molecular complexity index is 713. The topological polar surface area (TPSA) is 55.4 Å². The third-order valence-electron chi connectivity index (χ3n) is 3.10. The van der Waals surface area contributed by atoms with Gasteiger partial charge in [0.15, 0.2) is 12.4 Å². The summed E-state index contributed by atoms with van der Waals surface area (Å²) >= 11 is 3.31. The number of amides is 1. The Hall–Kier alpha value is -2.14. The van der Waals surface area contributed by atoms with Gasteiger partial charge >= 0.3 is 0 Å². The number of halogens is 1. The quantitative estimate of drug-likeness (QED) is 0.819. The molecule has 2 rings (SSSR count). The number of carbonyl (C=O) groups excluding carboxylic acids is 2. The second-order valence-corrected chi connectivity index (χ2v) is 5.76. The van der Waals surface area contributed by atoms with Crippen molar-refractivity contribution in [2.45, 2.75) is 13.8 Å². The van der Waals surface area contributed by atoms with Crippen LogP contribution >= 0.6 is 15.9 Å². The van der Waals surface area contributed by atoms with Crippen LogP contribution in [-0.4, -0.2) is 18.3 Å². The van der Waals surface area contributed by atoms with Crippen LogP contribution in [0, 0.1) is 6.92 Å². The van der Waals surface area contributed by atoms with Crippen molar-refractivity contribution < 1.29 is 14.3 Å². The van der Waals surface area contributed by atoms with Gasteiger partial charge in [0.1, 0.15) is 5.75 Å². The average molecular weight is 362 g/mol. The van der Waals surface area contributed by atoms with Gasteiger partial charge in [0.2, 0.25) is 0 Å². The molecule has 0 aliphatic carbocycles. The highest BCUT2D eigenvalue weighted by Crippen LogP contribution is 2.23. The summed E-state index contributed by atoms with van der Waals surface area (Å²) in [6.07, 6.45) is 0. The number of ketones is 1. The Morgan fingerprint density at radius 1 is 1.18 bits per heavy atom. The van der Waals surface area contributed by atoms with E-state index < -0.39 is 0 Å². The van der Waals surface area contributed by atoms with E-state index >= 15 is 0 Å². The summed E-state index contributed by atoms with van der Waals surface area (Å²) in [6, 6.07) is 12.6. The molecule has 0 radical (unpaired) electrons. The van der Waals surface area contributed by atoms with Gasteiger partial charge in [-0.25, -0.2) is 0 Å². The van der Waals surface area contributed by atoms with Crippen molar-refractivity contribution in [1.82, 2.24) is 0 Å². The van der Waals surface area contributed by atoms with Crippen molar-refractivity contribution in [2.75, 3.05) is 11.9 Å². The summed E-state index contributed by atoms with van der Waals surface area (Å²) in [5, 5.41) is 2.78. The molecule has 0 aromatic heterocycles. The van der Waals surface area contributed by atoms with E-state index in [2.05, 4.69) is 21.2 Å². The van der Waals surface area contributed by atoms with E-state index in [9.17, 15) is 9.59 Å². The molecule has 0 aliphatic rings. The highest BCUT2D eigenvalue weighted by Gasteiger charge is 2.11.